The third-order valence-corrected chi connectivity index (χ3v) is 7.08. The number of aromatic nitrogens is 1. The summed E-state index contributed by atoms with van der Waals surface area (Å²) in [5.74, 6) is 0.256. The lowest BCUT2D eigenvalue weighted by molar-refractivity contribution is 0.102. The van der Waals surface area contributed by atoms with Crippen LogP contribution in [0, 0.1) is 6.92 Å². The van der Waals surface area contributed by atoms with E-state index in [1.807, 2.05) is 44.2 Å². The molecule has 212 valence electrons. The molecule has 0 unspecified atom stereocenters. The number of hydrogen-bond donors (Lipinski definition) is 2. The van der Waals surface area contributed by atoms with Crippen molar-refractivity contribution in [3.63, 3.8) is 0 Å². The van der Waals surface area contributed by atoms with Gasteiger partial charge in [0.1, 0.15) is 11.3 Å². The molecule has 1 amide bonds. The molecule has 0 spiro atoms. The zero-order valence-corrected chi connectivity index (χ0v) is 24.6. The number of amides is 1. The van der Waals surface area contributed by atoms with E-state index in [1.165, 1.54) is 18.4 Å². The molecule has 0 radical (unpaired) electrons. The maximum absolute atomic E-state index is 13.8. The molecular weight excluding hydrogens is 508 g/mol. The van der Waals surface area contributed by atoms with E-state index in [-0.39, 0.29) is 5.56 Å². The van der Waals surface area contributed by atoms with Crippen molar-refractivity contribution in [1.29, 1.82) is 0 Å². The van der Waals surface area contributed by atoms with Crippen LogP contribution in [-0.4, -0.2) is 17.5 Å². The number of hydrogen-bond acceptors (Lipinski definition) is 3. The van der Waals surface area contributed by atoms with Gasteiger partial charge in [0.25, 0.3) is 11.5 Å². The van der Waals surface area contributed by atoms with Crippen LogP contribution < -0.4 is 15.6 Å². The first kappa shape index (κ1) is 29.6. The summed E-state index contributed by atoms with van der Waals surface area (Å²) >= 11 is 0. The molecule has 0 saturated carbocycles. The van der Waals surface area contributed by atoms with Gasteiger partial charge in [0.2, 0.25) is 0 Å². The number of unbranched alkanes of at least 4 members (excludes halogenated alkanes) is 2. The highest BCUT2D eigenvalue weighted by atomic mass is 16.5. The number of benzene rings is 3. The Morgan fingerprint density at radius 1 is 0.878 bits per heavy atom. The molecule has 3 aromatic carbocycles. The SMILES string of the molecule is CCC=Cc1c(-c2ccc(CCCCC)cc2)[nH]c(=O)c(C(=O)Nc2ccc(OCC)cc2)c1-c1ccc(C)cc1. The molecule has 1 aromatic heterocycles. The van der Waals surface area contributed by atoms with Gasteiger partial charge in [-0.2, -0.15) is 0 Å². The molecule has 0 saturated heterocycles. The van der Waals surface area contributed by atoms with Gasteiger partial charge in [-0.25, -0.2) is 0 Å². The molecule has 4 rings (SSSR count). The third kappa shape index (κ3) is 7.43. The predicted molar refractivity (Wildman–Crippen MR) is 171 cm³/mol. The topological polar surface area (TPSA) is 71.2 Å². The van der Waals surface area contributed by atoms with Gasteiger partial charge in [-0.05, 0) is 74.1 Å². The molecular formula is C36H40N2O3. The van der Waals surface area contributed by atoms with Crippen molar-refractivity contribution < 1.29 is 9.53 Å². The lowest BCUT2D eigenvalue weighted by atomic mass is 9.90. The van der Waals surface area contributed by atoms with Crippen molar-refractivity contribution in [2.45, 2.75) is 59.8 Å². The molecule has 5 heteroatoms. The van der Waals surface area contributed by atoms with Crippen LogP contribution in [0.15, 0.2) is 83.7 Å². The van der Waals surface area contributed by atoms with Gasteiger partial charge in [0.05, 0.1) is 12.3 Å². The second-order valence-corrected chi connectivity index (χ2v) is 10.2. The van der Waals surface area contributed by atoms with Crippen LogP contribution in [0.2, 0.25) is 0 Å². The first-order chi connectivity index (χ1) is 19.9. The van der Waals surface area contributed by atoms with Crippen LogP contribution in [0.4, 0.5) is 5.69 Å². The third-order valence-electron chi connectivity index (χ3n) is 7.08. The van der Waals surface area contributed by atoms with Gasteiger partial charge in [0, 0.05) is 16.8 Å². The summed E-state index contributed by atoms with van der Waals surface area (Å²) in [6.07, 6.45) is 9.48. The van der Waals surface area contributed by atoms with E-state index in [0.29, 0.717) is 23.6 Å². The number of pyridine rings is 1. The Morgan fingerprint density at radius 3 is 2.20 bits per heavy atom. The van der Waals surface area contributed by atoms with Crippen LogP contribution >= 0.6 is 0 Å². The van der Waals surface area contributed by atoms with E-state index < -0.39 is 11.5 Å². The number of ether oxygens (including phenoxy) is 1. The average Bonchev–Trinajstić information content (AvgIpc) is 2.98. The van der Waals surface area contributed by atoms with E-state index in [4.69, 9.17) is 4.74 Å². The maximum atomic E-state index is 13.8. The number of aryl methyl sites for hydroxylation is 2. The zero-order valence-electron chi connectivity index (χ0n) is 24.6. The summed E-state index contributed by atoms with van der Waals surface area (Å²) in [4.78, 5) is 30.6. The van der Waals surface area contributed by atoms with Crippen LogP contribution in [0.1, 0.15) is 73.5 Å². The molecule has 2 N–H and O–H groups in total. The van der Waals surface area contributed by atoms with E-state index in [1.54, 1.807) is 24.3 Å². The van der Waals surface area contributed by atoms with Gasteiger partial charge in [-0.15, -0.1) is 0 Å². The first-order valence-electron chi connectivity index (χ1n) is 14.6. The number of H-pyrrole nitrogens is 1. The molecule has 0 bridgehead atoms. The Labute approximate surface area is 243 Å². The van der Waals surface area contributed by atoms with E-state index >= 15 is 0 Å². The Morgan fingerprint density at radius 2 is 1.56 bits per heavy atom. The molecule has 5 nitrogen and oxygen atoms in total. The summed E-state index contributed by atoms with van der Waals surface area (Å²) < 4.78 is 5.52. The minimum absolute atomic E-state index is 0.0819. The minimum Gasteiger partial charge on any atom is -0.494 e. The monoisotopic (exact) mass is 548 g/mol. The molecule has 0 aliphatic rings. The fourth-order valence-corrected chi connectivity index (χ4v) is 4.90. The molecule has 41 heavy (non-hydrogen) atoms. The van der Waals surface area contributed by atoms with Crippen molar-refractivity contribution in [3.8, 4) is 28.1 Å². The number of nitrogens with one attached hydrogen (secondary N) is 2. The van der Waals surface area contributed by atoms with Crippen molar-refractivity contribution >= 4 is 17.7 Å². The van der Waals surface area contributed by atoms with Crippen molar-refractivity contribution in [2.24, 2.45) is 0 Å². The lowest BCUT2D eigenvalue weighted by Gasteiger charge is -2.18. The highest BCUT2D eigenvalue weighted by molar-refractivity contribution is 6.10. The van der Waals surface area contributed by atoms with Gasteiger partial charge in [-0.3, -0.25) is 9.59 Å². The van der Waals surface area contributed by atoms with Crippen LogP contribution in [-0.2, 0) is 6.42 Å². The fourth-order valence-electron chi connectivity index (χ4n) is 4.90. The second kappa shape index (κ2) is 14.3. The number of rotatable bonds is 12. The standard InChI is InChI=1S/C36H40N2O3/c1-5-8-10-11-26-15-19-28(20-16-26)34-31(12-9-6-2)32(27-17-13-25(4)14-18-27)33(36(40)38-34)35(39)37-29-21-23-30(24-22-29)41-7-3/h9,12-24H,5-8,10-11H2,1-4H3,(H,37,39)(H,38,40). The molecule has 0 fully saturated rings. The van der Waals surface area contributed by atoms with Gasteiger partial charge in [0.15, 0.2) is 0 Å². The first-order valence-corrected chi connectivity index (χ1v) is 14.6. The number of aromatic amines is 1. The highest BCUT2D eigenvalue weighted by Gasteiger charge is 2.24. The van der Waals surface area contributed by atoms with Crippen LogP contribution in [0.5, 0.6) is 5.75 Å². The number of anilines is 1. The summed E-state index contributed by atoms with van der Waals surface area (Å²) in [6, 6.07) is 23.5. The second-order valence-electron chi connectivity index (χ2n) is 10.2. The van der Waals surface area contributed by atoms with Crippen LogP contribution in [0.25, 0.3) is 28.5 Å². The van der Waals surface area contributed by atoms with Crippen molar-refractivity contribution in [2.75, 3.05) is 11.9 Å². The molecule has 4 aromatic rings. The maximum Gasteiger partial charge on any atom is 0.261 e. The predicted octanol–water partition coefficient (Wildman–Crippen LogP) is 8.82. The summed E-state index contributed by atoms with van der Waals surface area (Å²) in [6.45, 7) is 8.77. The molecule has 0 atom stereocenters. The Kier molecular flexibility index (Phi) is 10.3. The van der Waals surface area contributed by atoms with E-state index in [9.17, 15) is 9.59 Å². The quantitative estimate of drug-likeness (QED) is 0.174. The zero-order chi connectivity index (χ0) is 29.2. The Bertz CT molecular complexity index is 1530. The average molecular weight is 549 g/mol. The smallest absolute Gasteiger partial charge is 0.261 e. The summed E-state index contributed by atoms with van der Waals surface area (Å²) in [7, 11) is 0. The van der Waals surface area contributed by atoms with Gasteiger partial charge in [-0.1, -0.05) is 92.9 Å². The molecule has 1 heterocycles. The highest BCUT2D eigenvalue weighted by Crippen LogP contribution is 2.34. The Hall–Kier alpha value is -4.38. The van der Waals surface area contributed by atoms with Crippen LogP contribution in [0.3, 0.4) is 0 Å². The van der Waals surface area contributed by atoms with E-state index in [0.717, 1.165) is 47.3 Å². The molecule has 0 aliphatic carbocycles. The summed E-state index contributed by atoms with van der Waals surface area (Å²) in [5, 5.41) is 2.93. The van der Waals surface area contributed by atoms with Crippen molar-refractivity contribution in [1.82, 2.24) is 4.98 Å². The summed E-state index contributed by atoms with van der Waals surface area (Å²) in [5.41, 5.74) is 6.46. The normalized spacial score (nSPS) is 11.1. The minimum atomic E-state index is -0.463. The lowest BCUT2D eigenvalue weighted by Crippen LogP contribution is -2.26. The number of carbonyl (C=O) groups is 1. The molecule has 0 aliphatic heterocycles. The fraction of sp³-hybridized carbons (Fsp3) is 0.278. The van der Waals surface area contributed by atoms with Gasteiger partial charge < -0.3 is 15.0 Å². The largest absolute Gasteiger partial charge is 0.494 e. The van der Waals surface area contributed by atoms with E-state index in [2.05, 4.69) is 54.5 Å². The number of allylic oxidation sites excluding steroid dienone is 1. The van der Waals surface area contributed by atoms with Crippen molar-refractivity contribution in [3.05, 3.63) is 111 Å². The number of carbonyl (C=O) groups excluding carboxylic acids is 1. The van der Waals surface area contributed by atoms with Gasteiger partial charge >= 0.3 is 0 Å². The Balaban J connectivity index is 1.85.